The van der Waals surface area contributed by atoms with Gasteiger partial charge in [-0.3, -0.25) is 0 Å². The predicted octanol–water partition coefficient (Wildman–Crippen LogP) is 0.223. The van der Waals surface area contributed by atoms with Crippen LogP contribution in [0, 0.1) is 13.8 Å². The second-order valence-electron chi connectivity index (χ2n) is 1.96. The third-order valence-electron chi connectivity index (χ3n) is 1.13. The molecule has 1 aromatic heterocycles. The minimum Gasteiger partial charge on any atom is -0.350 e. The quantitative estimate of drug-likeness (QED) is 0.398. The molecule has 0 aliphatic carbocycles. The van der Waals surface area contributed by atoms with Crippen molar-refractivity contribution in [3.8, 4) is 0 Å². The summed E-state index contributed by atoms with van der Waals surface area (Å²) in [6.07, 6.45) is 1.57. The zero-order valence-electron chi connectivity index (χ0n) is 5.50. The maximum Gasteiger partial charge on any atom is 0.333 e. The van der Waals surface area contributed by atoms with E-state index in [1.54, 1.807) is 19.2 Å². The van der Waals surface area contributed by atoms with Crippen LogP contribution in [0.25, 0.3) is 0 Å². The predicted molar refractivity (Wildman–Crippen MR) is 31.1 cm³/mol. The number of aromatic nitrogens is 2. The minimum absolute atomic E-state index is 0.606. The third-order valence-corrected chi connectivity index (χ3v) is 1.13. The van der Waals surface area contributed by atoms with Crippen molar-refractivity contribution in [1.29, 1.82) is 0 Å². The van der Waals surface area contributed by atoms with Crippen molar-refractivity contribution in [2.45, 2.75) is 13.8 Å². The van der Waals surface area contributed by atoms with E-state index in [1.807, 2.05) is 6.92 Å². The van der Waals surface area contributed by atoms with E-state index < -0.39 is 0 Å². The molecule has 3 nitrogen and oxygen atoms in total. The summed E-state index contributed by atoms with van der Waals surface area (Å²) in [4.78, 5) is 3.99. The molecule has 0 spiro atoms. The molecule has 0 radical (unpaired) electrons. The van der Waals surface area contributed by atoms with Gasteiger partial charge in [0.05, 0.1) is 0 Å². The second kappa shape index (κ2) is 2.01. The van der Waals surface area contributed by atoms with Gasteiger partial charge in [-0.15, -0.1) is 0 Å². The lowest BCUT2D eigenvalue weighted by Gasteiger charge is -1.87. The molecule has 48 valence electrons. The van der Waals surface area contributed by atoms with Gasteiger partial charge in [0.15, 0.2) is 5.69 Å². The van der Waals surface area contributed by atoms with Crippen LogP contribution in [0.1, 0.15) is 11.5 Å². The number of hydrogen-bond donors (Lipinski definition) is 1. The van der Waals surface area contributed by atoms with Crippen molar-refractivity contribution in [2.24, 2.45) is 0 Å². The Labute approximate surface area is 53.6 Å². The highest BCUT2D eigenvalue weighted by Crippen LogP contribution is 1.86. The van der Waals surface area contributed by atoms with Gasteiger partial charge in [0, 0.05) is 19.9 Å². The lowest BCUT2D eigenvalue weighted by Crippen LogP contribution is -2.34. The van der Waals surface area contributed by atoms with Crippen LogP contribution < -0.4 is 4.73 Å². The van der Waals surface area contributed by atoms with Crippen molar-refractivity contribution in [3.05, 3.63) is 23.8 Å². The van der Waals surface area contributed by atoms with Crippen molar-refractivity contribution >= 4 is 0 Å². The van der Waals surface area contributed by atoms with E-state index in [2.05, 4.69) is 4.98 Å². The molecule has 1 heterocycles. The Morgan fingerprint density at radius 3 is 2.67 bits per heavy atom. The van der Waals surface area contributed by atoms with E-state index >= 15 is 0 Å². The highest BCUT2D eigenvalue weighted by atomic mass is 16.5. The van der Waals surface area contributed by atoms with Crippen molar-refractivity contribution < 1.29 is 9.94 Å². The third kappa shape index (κ3) is 1.16. The molecule has 0 unspecified atom stereocenters. The number of nitrogens with zero attached hydrogens (tertiary/aromatic N) is 2. The van der Waals surface area contributed by atoms with Crippen LogP contribution in [0.3, 0.4) is 0 Å². The van der Waals surface area contributed by atoms with Crippen LogP contribution in [-0.4, -0.2) is 10.2 Å². The number of rotatable bonds is 0. The molecule has 0 amide bonds. The van der Waals surface area contributed by atoms with E-state index in [4.69, 9.17) is 5.21 Å². The van der Waals surface area contributed by atoms with Crippen LogP contribution in [-0.2, 0) is 0 Å². The summed E-state index contributed by atoms with van der Waals surface area (Å²) in [5, 5.41) is 8.90. The summed E-state index contributed by atoms with van der Waals surface area (Å²) >= 11 is 0. The lowest BCUT2D eigenvalue weighted by molar-refractivity contribution is -0.910. The van der Waals surface area contributed by atoms with Crippen LogP contribution >= 0.6 is 0 Å². The standard InChI is InChI=1S/C6H9N2O/c1-5-3-4-8(9)6(2)7-5/h3-4,9H,1-2H3/q+1. The molecule has 0 saturated carbocycles. The van der Waals surface area contributed by atoms with Gasteiger partial charge in [0.2, 0.25) is 0 Å². The molecule has 1 N–H and O–H groups in total. The Morgan fingerprint density at radius 2 is 2.22 bits per heavy atom. The topological polar surface area (TPSA) is 37.0 Å². The second-order valence-corrected chi connectivity index (χ2v) is 1.96. The van der Waals surface area contributed by atoms with Crippen LogP contribution in [0.5, 0.6) is 0 Å². The zero-order valence-corrected chi connectivity index (χ0v) is 5.50. The Hall–Kier alpha value is -1.12. The monoisotopic (exact) mass is 125 g/mol. The van der Waals surface area contributed by atoms with E-state index in [0.717, 1.165) is 10.4 Å². The molecule has 0 saturated heterocycles. The first-order valence-electron chi connectivity index (χ1n) is 2.75. The summed E-state index contributed by atoms with van der Waals surface area (Å²) in [6, 6.07) is 1.74. The molecule has 0 aliphatic heterocycles. The van der Waals surface area contributed by atoms with Gasteiger partial charge in [-0.2, -0.15) is 0 Å². The maximum atomic E-state index is 8.90. The fourth-order valence-corrected chi connectivity index (χ4v) is 0.630. The van der Waals surface area contributed by atoms with Crippen LogP contribution in [0.15, 0.2) is 12.3 Å². The van der Waals surface area contributed by atoms with Crippen molar-refractivity contribution in [2.75, 3.05) is 0 Å². The Kier molecular flexibility index (Phi) is 1.34. The largest absolute Gasteiger partial charge is 0.350 e. The Balaban J connectivity index is 3.17. The normalized spacial score (nSPS) is 9.56. The molecule has 0 atom stereocenters. The molecule has 0 bridgehead atoms. The molecule has 9 heavy (non-hydrogen) atoms. The first kappa shape index (κ1) is 6.01. The smallest absolute Gasteiger partial charge is 0.333 e. The maximum absolute atomic E-state index is 8.90. The van der Waals surface area contributed by atoms with Gasteiger partial charge in [-0.1, -0.05) is 4.73 Å². The van der Waals surface area contributed by atoms with Crippen LogP contribution in [0.4, 0.5) is 0 Å². The van der Waals surface area contributed by atoms with Crippen molar-refractivity contribution in [3.63, 3.8) is 0 Å². The summed E-state index contributed by atoms with van der Waals surface area (Å²) in [5.41, 5.74) is 0.915. The molecular formula is C6H9N2O+. The van der Waals surface area contributed by atoms with Gasteiger partial charge < -0.3 is 5.21 Å². The number of aryl methyl sites for hydroxylation is 2. The summed E-state index contributed by atoms with van der Waals surface area (Å²) in [5.74, 6) is 0.606. The molecule has 0 aliphatic rings. The molecule has 3 heteroatoms. The van der Waals surface area contributed by atoms with E-state index in [1.165, 1.54) is 0 Å². The molecular weight excluding hydrogens is 116 g/mol. The Bertz CT molecular complexity index is 222. The number of hydrogen-bond acceptors (Lipinski definition) is 2. The first-order valence-corrected chi connectivity index (χ1v) is 2.75. The molecule has 1 rings (SSSR count). The highest BCUT2D eigenvalue weighted by molar-refractivity contribution is 4.92. The zero-order chi connectivity index (χ0) is 6.85. The molecule has 0 aromatic carbocycles. The van der Waals surface area contributed by atoms with Crippen molar-refractivity contribution in [1.82, 2.24) is 4.98 Å². The van der Waals surface area contributed by atoms with Gasteiger partial charge in [0.1, 0.15) is 6.20 Å². The van der Waals surface area contributed by atoms with Gasteiger partial charge in [0.25, 0.3) is 0 Å². The van der Waals surface area contributed by atoms with Crippen LogP contribution in [0.2, 0.25) is 0 Å². The average molecular weight is 125 g/mol. The van der Waals surface area contributed by atoms with E-state index in [-0.39, 0.29) is 0 Å². The van der Waals surface area contributed by atoms with E-state index in [0.29, 0.717) is 5.82 Å². The first-order chi connectivity index (χ1) is 4.20. The summed E-state index contributed by atoms with van der Waals surface area (Å²) in [6.45, 7) is 3.62. The average Bonchev–Trinajstić information content (AvgIpc) is 1.80. The SMILES string of the molecule is Cc1cc[n+](O)c(C)n1. The van der Waals surface area contributed by atoms with Gasteiger partial charge in [-0.25, -0.2) is 0 Å². The Morgan fingerprint density at radius 1 is 1.56 bits per heavy atom. The highest BCUT2D eigenvalue weighted by Gasteiger charge is 2.03. The van der Waals surface area contributed by atoms with Gasteiger partial charge in [-0.05, 0) is 4.98 Å². The molecule has 1 aromatic rings. The van der Waals surface area contributed by atoms with E-state index in [9.17, 15) is 0 Å². The summed E-state index contributed by atoms with van der Waals surface area (Å²) < 4.78 is 0.993. The molecule has 0 fully saturated rings. The fraction of sp³-hybridized carbons (Fsp3) is 0.333. The fourth-order valence-electron chi connectivity index (χ4n) is 0.630. The summed E-state index contributed by atoms with van der Waals surface area (Å²) in [7, 11) is 0. The van der Waals surface area contributed by atoms with Gasteiger partial charge >= 0.3 is 5.82 Å². The lowest BCUT2D eigenvalue weighted by atomic mass is 10.4. The minimum atomic E-state index is 0.606.